The van der Waals surface area contributed by atoms with E-state index >= 15 is 0 Å². The summed E-state index contributed by atoms with van der Waals surface area (Å²) in [6, 6.07) is 2.61. The average molecular weight is 287 g/mol. The number of hydrogen-bond donors (Lipinski definition) is 4. The molecule has 0 saturated carbocycles. The van der Waals surface area contributed by atoms with Gasteiger partial charge in [-0.05, 0) is 31.5 Å². The molecule has 1 aromatic carbocycles. The molecule has 1 aromatic rings. The molecule has 0 bridgehead atoms. The Kier molecular flexibility index (Phi) is 6.45. The fourth-order valence-electron chi connectivity index (χ4n) is 1.65. The second-order valence-electron chi connectivity index (χ2n) is 4.25. The van der Waals surface area contributed by atoms with Crippen molar-refractivity contribution < 1.29 is 15.0 Å². The van der Waals surface area contributed by atoms with Gasteiger partial charge in [-0.3, -0.25) is 4.79 Å². The van der Waals surface area contributed by atoms with E-state index in [1.54, 1.807) is 0 Å². The van der Waals surface area contributed by atoms with E-state index in [1.807, 2.05) is 0 Å². The summed E-state index contributed by atoms with van der Waals surface area (Å²) in [4.78, 5) is 11.8. The van der Waals surface area contributed by atoms with Crippen molar-refractivity contribution in [3.8, 4) is 11.5 Å². The van der Waals surface area contributed by atoms with Crippen LogP contribution in [-0.4, -0.2) is 29.2 Å². The third kappa shape index (κ3) is 4.61. The highest BCUT2D eigenvalue weighted by molar-refractivity contribution is 6.35. The Hall–Kier alpha value is -1.46. The van der Waals surface area contributed by atoms with E-state index < -0.39 is 5.75 Å². The van der Waals surface area contributed by atoms with Gasteiger partial charge < -0.3 is 21.3 Å². The minimum Gasteiger partial charge on any atom is -0.504 e. The van der Waals surface area contributed by atoms with Crippen molar-refractivity contribution in [2.75, 3.05) is 13.1 Å². The smallest absolute Gasteiger partial charge is 0.252 e. The molecule has 1 rings (SSSR count). The fourth-order valence-corrected chi connectivity index (χ4v) is 1.90. The Morgan fingerprint density at radius 3 is 2.58 bits per heavy atom. The zero-order chi connectivity index (χ0) is 14.3. The molecule has 0 saturated heterocycles. The summed E-state index contributed by atoms with van der Waals surface area (Å²) >= 11 is 5.79. The first-order valence-electron chi connectivity index (χ1n) is 6.26. The van der Waals surface area contributed by atoms with Gasteiger partial charge in [-0.1, -0.05) is 24.4 Å². The number of aromatic hydroxyl groups is 2. The SMILES string of the molecule is NCCCCCCNC(=O)c1ccc(O)c(O)c1Cl. The largest absolute Gasteiger partial charge is 0.504 e. The van der Waals surface area contributed by atoms with Crippen LogP contribution < -0.4 is 11.1 Å². The predicted molar refractivity (Wildman–Crippen MR) is 74.6 cm³/mol. The summed E-state index contributed by atoms with van der Waals surface area (Å²) in [5, 5.41) is 21.2. The fraction of sp³-hybridized carbons (Fsp3) is 0.462. The normalized spacial score (nSPS) is 10.4. The highest BCUT2D eigenvalue weighted by Gasteiger charge is 2.15. The molecule has 0 unspecified atom stereocenters. The second-order valence-corrected chi connectivity index (χ2v) is 4.63. The van der Waals surface area contributed by atoms with E-state index in [1.165, 1.54) is 12.1 Å². The molecule has 0 atom stereocenters. The van der Waals surface area contributed by atoms with Crippen LogP contribution in [0.15, 0.2) is 12.1 Å². The summed E-state index contributed by atoms with van der Waals surface area (Å²) < 4.78 is 0. The van der Waals surface area contributed by atoms with Gasteiger partial charge in [0.15, 0.2) is 11.5 Å². The van der Waals surface area contributed by atoms with Crippen molar-refractivity contribution in [3.63, 3.8) is 0 Å². The van der Waals surface area contributed by atoms with Crippen molar-refractivity contribution >= 4 is 17.5 Å². The van der Waals surface area contributed by atoms with Gasteiger partial charge in [0, 0.05) is 6.54 Å². The molecule has 0 aliphatic carbocycles. The number of carbonyl (C=O) groups excluding carboxylic acids is 1. The number of benzene rings is 1. The van der Waals surface area contributed by atoms with Crippen molar-refractivity contribution in [3.05, 3.63) is 22.7 Å². The van der Waals surface area contributed by atoms with Crippen LogP contribution in [0.4, 0.5) is 0 Å². The van der Waals surface area contributed by atoms with Crippen LogP contribution in [0.5, 0.6) is 11.5 Å². The number of phenolic OH excluding ortho intramolecular Hbond substituents is 2. The Balaban J connectivity index is 2.44. The number of hydrogen-bond acceptors (Lipinski definition) is 4. The summed E-state index contributed by atoms with van der Waals surface area (Å²) in [6.07, 6.45) is 3.91. The number of nitrogens with one attached hydrogen (secondary N) is 1. The highest BCUT2D eigenvalue weighted by Crippen LogP contribution is 2.35. The Morgan fingerprint density at radius 2 is 1.89 bits per heavy atom. The summed E-state index contributed by atoms with van der Waals surface area (Å²) in [7, 11) is 0. The van der Waals surface area contributed by atoms with Gasteiger partial charge in [-0.25, -0.2) is 0 Å². The van der Waals surface area contributed by atoms with E-state index in [4.69, 9.17) is 17.3 Å². The van der Waals surface area contributed by atoms with Crippen LogP contribution in [-0.2, 0) is 0 Å². The molecule has 0 aromatic heterocycles. The third-order valence-electron chi connectivity index (χ3n) is 2.76. The third-order valence-corrected chi connectivity index (χ3v) is 3.14. The second kappa shape index (κ2) is 7.86. The minimum absolute atomic E-state index is 0.138. The molecule has 0 aliphatic heterocycles. The lowest BCUT2D eigenvalue weighted by atomic mass is 10.1. The van der Waals surface area contributed by atoms with Gasteiger partial charge >= 0.3 is 0 Å². The molecule has 0 spiro atoms. The monoisotopic (exact) mass is 286 g/mol. The lowest BCUT2D eigenvalue weighted by molar-refractivity contribution is 0.0952. The Labute approximate surface area is 117 Å². The maximum atomic E-state index is 11.8. The zero-order valence-electron chi connectivity index (χ0n) is 10.7. The minimum atomic E-state index is -0.475. The number of halogens is 1. The maximum absolute atomic E-state index is 11.8. The molecular formula is C13H19ClN2O3. The van der Waals surface area contributed by atoms with E-state index in [9.17, 15) is 15.0 Å². The van der Waals surface area contributed by atoms with Crippen molar-refractivity contribution in [1.82, 2.24) is 5.32 Å². The van der Waals surface area contributed by atoms with E-state index in [-0.39, 0.29) is 22.2 Å². The van der Waals surface area contributed by atoms with Crippen LogP contribution in [0.25, 0.3) is 0 Å². The van der Waals surface area contributed by atoms with E-state index in [0.29, 0.717) is 13.1 Å². The van der Waals surface area contributed by atoms with Crippen LogP contribution in [0, 0.1) is 0 Å². The molecular weight excluding hydrogens is 268 g/mol. The summed E-state index contributed by atoms with van der Waals surface area (Å²) in [6.45, 7) is 1.23. The van der Waals surface area contributed by atoms with Crippen LogP contribution >= 0.6 is 11.6 Å². The number of rotatable bonds is 7. The number of amides is 1. The van der Waals surface area contributed by atoms with Gasteiger partial charge in [0.1, 0.15) is 0 Å². The van der Waals surface area contributed by atoms with Crippen molar-refractivity contribution in [2.45, 2.75) is 25.7 Å². The Bertz CT molecular complexity index is 438. The standard InChI is InChI=1S/C13H19ClN2O3/c14-11-9(5-6-10(17)12(11)18)13(19)16-8-4-2-1-3-7-15/h5-6,17-18H,1-4,7-8,15H2,(H,16,19). The Morgan fingerprint density at radius 1 is 1.21 bits per heavy atom. The lowest BCUT2D eigenvalue weighted by Crippen LogP contribution is -2.24. The average Bonchev–Trinajstić information content (AvgIpc) is 2.40. The molecule has 6 heteroatoms. The van der Waals surface area contributed by atoms with Crippen LogP contribution in [0.2, 0.25) is 5.02 Å². The lowest BCUT2D eigenvalue weighted by Gasteiger charge is -2.08. The van der Waals surface area contributed by atoms with E-state index in [2.05, 4.69) is 5.32 Å². The number of phenols is 2. The van der Waals surface area contributed by atoms with E-state index in [0.717, 1.165) is 25.7 Å². The van der Waals surface area contributed by atoms with Crippen molar-refractivity contribution in [1.29, 1.82) is 0 Å². The molecule has 5 N–H and O–H groups in total. The first kappa shape index (κ1) is 15.6. The van der Waals surface area contributed by atoms with Crippen LogP contribution in [0.1, 0.15) is 36.0 Å². The number of unbranched alkanes of at least 4 members (excludes halogenated alkanes) is 3. The van der Waals surface area contributed by atoms with Gasteiger partial charge in [0.2, 0.25) is 0 Å². The molecule has 0 aliphatic rings. The summed E-state index contributed by atoms with van der Waals surface area (Å²) in [5.41, 5.74) is 5.53. The topological polar surface area (TPSA) is 95.6 Å². The molecule has 0 heterocycles. The van der Waals surface area contributed by atoms with Crippen LogP contribution in [0.3, 0.4) is 0 Å². The molecule has 5 nitrogen and oxygen atoms in total. The molecule has 0 fully saturated rings. The number of nitrogens with two attached hydrogens (primary N) is 1. The first-order chi connectivity index (χ1) is 9.07. The van der Waals surface area contributed by atoms with Gasteiger partial charge in [-0.15, -0.1) is 0 Å². The molecule has 0 radical (unpaired) electrons. The van der Waals surface area contributed by atoms with Gasteiger partial charge in [0.05, 0.1) is 10.6 Å². The molecule has 19 heavy (non-hydrogen) atoms. The first-order valence-corrected chi connectivity index (χ1v) is 6.64. The van der Waals surface area contributed by atoms with Crippen molar-refractivity contribution in [2.24, 2.45) is 5.73 Å². The maximum Gasteiger partial charge on any atom is 0.252 e. The highest BCUT2D eigenvalue weighted by atomic mass is 35.5. The van der Waals surface area contributed by atoms with Gasteiger partial charge in [-0.2, -0.15) is 0 Å². The summed E-state index contributed by atoms with van der Waals surface area (Å²) in [5.74, 6) is -1.18. The zero-order valence-corrected chi connectivity index (χ0v) is 11.4. The predicted octanol–water partition coefficient (Wildman–Crippen LogP) is 2.00. The van der Waals surface area contributed by atoms with Gasteiger partial charge in [0.25, 0.3) is 5.91 Å². The number of carbonyl (C=O) groups is 1. The molecule has 1 amide bonds. The molecule has 106 valence electrons. The quantitative estimate of drug-likeness (QED) is 0.455.